The zero-order valence-corrected chi connectivity index (χ0v) is 16.1. The molecule has 4 rings (SSSR count). The molecular weight excluding hydrogens is 359 g/mol. The zero-order chi connectivity index (χ0) is 19.7. The Labute approximate surface area is 164 Å². The molecule has 1 saturated carbocycles. The van der Waals surface area contributed by atoms with Crippen LogP contribution in [0.3, 0.4) is 0 Å². The molecule has 1 aliphatic heterocycles. The molecule has 1 saturated heterocycles. The van der Waals surface area contributed by atoms with Crippen molar-refractivity contribution >= 4 is 0 Å². The van der Waals surface area contributed by atoms with Crippen LogP contribution in [0.2, 0.25) is 0 Å². The standard InChI is InChI=1S/C23H27FO4/c1-2-27-18-6-4-16(5-7-18)23(9-10-23)20-11-15(3-8-21(20)24)22-13-17(26)12-19(14-25)28-22/h3-8,11,17,19,22,25-26H,2,9-10,12-14H2,1H3. The lowest BCUT2D eigenvalue weighted by Gasteiger charge is -2.33. The molecule has 0 bridgehead atoms. The molecule has 0 spiro atoms. The van der Waals surface area contributed by atoms with E-state index < -0.39 is 6.10 Å². The lowest BCUT2D eigenvalue weighted by atomic mass is 9.85. The van der Waals surface area contributed by atoms with Crippen LogP contribution in [-0.2, 0) is 10.2 Å². The molecule has 3 atom stereocenters. The molecule has 2 N–H and O–H groups in total. The second-order valence-electron chi connectivity index (χ2n) is 7.83. The van der Waals surface area contributed by atoms with Crippen molar-refractivity contribution in [3.05, 3.63) is 65.0 Å². The fourth-order valence-electron chi connectivity index (χ4n) is 4.31. The molecule has 2 aliphatic rings. The topological polar surface area (TPSA) is 58.9 Å². The highest BCUT2D eigenvalue weighted by molar-refractivity contribution is 5.48. The summed E-state index contributed by atoms with van der Waals surface area (Å²) in [4.78, 5) is 0. The van der Waals surface area contributed by atoms with Gasteiger partial charge in [-0.15, -0.1) is 0 Å². The van der Waals surface area contributed by atoms with Crippen molar-refractivity contribution in [2.24, 2.45) is 0 Å². The average molecular weight is 386 g/mol. The van der Waals surface area contributed by atoms with Gasteiger partial charge in [0.2, 0.25) is 0 Å². The van der Waals surface area contributed by atoms with Gasteiger partial charge < -0.3 is 19.7 Å². The fourth-order valence-corrected chi connectivity index (χ4v) is 4.31. The molecule has 2 fully saturated rings. The highest BCUT2D eigenvalue weighted by Crippen LogP contribution is 2.55. The van der Waals surface area contributed by atoms with Crippen LogP contribution in [-0.4, -0.2) is 35.6 Å². The van der Waals surface area contributed by atoms with Crippen molar-refractivity contribution in [2.75, 3.05) is 13.2 Å². The molecule has 2 aromatic rings. The fraction of sp³-hybridized carbons (Fsp3) is 0.478. The first-order valence-corrected chi connectivity index (χ1v) is 10.0. The normalized spacial score (nSPS) is 26.1. The van der Waals surface area contributed by atoms with Gasteiger partial charge in [0.25, 0.3) is 0 Å². The summed E-state index contributed by atoms with van der Waals surface area (Å²) >= 11 is 0. The molecule has 2 aromatic carbocycles. The third-order valence-corrected chi connectivity index (χ3v) is 5.93. The summed E-state index contributed by atoms with van der Waals surface area (Å²) in [5.74, 6) is 0.598. The van der Waals surface area contributed by atoms with Crippen LogP contribution in [0.5, 0.6) is 5.75 Å². The van der Waals surface area contributed by atoms with E-state index in [2.05, 4.69) is 0 Å². The molecule has 5 heteroatoms. The molecule has 1 heterocycles. The SMILES string of the molecule is CCOc1ccc(C2(c3cc(C4CC(O)CC(CO)O4)ccc3F)CC2)cc1. The number of hydrogen-bond donors (Lipinski definition) is 2. The van der Waals surface area contributed by atoms with Gasteiger partial charge in [0.15, 0.2) is 0 Å². The molecule has 0 aromatic heterocycles. The predicted octanol–water partition coefficient (Wildman–Crippen LogP) is 3.88. The van der Waals surface area contributed by atoms with E-state index in [9.17, 15) is 14.6 Å². The third-order valence-electron chi connectivity index (χ3n) is 5.93. The molecule has 0 amide bonds. The Bertz CT molecular complexity index is 816. The highest BCUT2D eigenvalue weighted by Gasteiger charge is 2.47. The van der Waals surface area contributed by atoms with Crippen molar-refractivity contribution in [3.63, 3.8) is 0 Å². The largest absolute Gasteiger partial charge is 0.494 e. The van der Waals surface area contributed by atoms with Crippen LogP contribution >= 0.6 is 0 Å². The monoisotopic (exact) mass is 386 g/mol. The maximum Gasteiger partial charge on any atom is 0.127 e. The molecular formula is C23H27FO4. The molecule has 28 heavy (non-hydrogen) atoms. The van der Waals surface area contributed by atoms with Gasteiger partial charge in [-0.05, 0) is 60.7 Å². The van der Waals surface area contributed by atoms with Crippen LogP contribution in [0.1, 0.15) is 55.4 Å². The smallest absolute Gasteiger partial charge is 0.127 e. The van der Waals surface area contributed by atoms with Crippen LogP contribution in [0.4, 0.5) is 4.39 Å². The van der Waals surface area contributed by atoms with E-state index in [4.69, 9.17) is 9.47 Å². The first-order chi connectivity index (χ1) is 13.6. The Morgan fingerprint density at radius 2 is 1.89 bits per heavy atom. The van der Waals surface area contributed by atoms with Crippen LogP contribution in [0, 0.1) is 5.82 Å². The van der Waals surface area contributed by atoms with Crippen LogP contribution in [0.15, 0.2) is 42.5 Å². The lowest BCUT2D eigenvalue weighted by Crippen LogP contribution is -2.33. The van der Waals surface area contributed by atoms with Crippen molar-refractivity contribution in [3.8, 4) is 5.75 Å². The molecule has 3 unspecified atom stereocenters. The zero-order valence-electron chi connectivity index (χ0n) is 16.1. The number of benzene rings is 2. The molecule has 1 aliphatic carbocycles. The van der Waals surface area contributed by atoms with E-state index in [-0.39, 0.29) is 30.0 Å². The summed E-state index contributed by atoms with van der Waals surface area (Å²) in [7, 11) is 0. The lowest BCUT2D eigenvalue weighted by molar-refractivity contribution is -0.113. The van der Waals surface area contributed by atoms with Gasteiger partial charge in [0.1, 0.15) is 11.6 Å². The van der Waals surface area contributed by atoms with Crippen molar-refractivity contribution in [1.82, 2.24) is 0 Å². The average Bonchev–Trinajstić information content (AvgIpc) is 3.50. The first-order valence-electron chi connectivity index (χ1n) is 10.0. The summed E-state index contributed by atoms with van der Waals surface area (Å²) in [5.41, 5.74) is 2.31. The second-order valence-corrected chi connectivity index (χ2v) is 7.83. The van der Waals surface area contributed by atoms with Gasteiger partial charge in [-0.3, -0.25) is 0 Å². The van der Waals surface area contributed by atoms with E-state index in [1.807, 2.05) is 37.3 Å². The Kier molecular flexibility index (Phi) is 5.41. The number of hydrogen-bond acceptors (Lipinski definition) is 4. The number of aliphatic hydroxyl groups is 2. The van der Waals surface area contributed by atoms with Gasteiger partial charge in [0.05, 0.1) is 31.5 Å². The predicted molar refractivity (Wildman–Crippen MR) is 104 cm³/mol. The maximum atomic E-state index is 14.8. The van der Waals surface area contributed by atoms with E-state index in [0.717, 1.165) is 29.7 Å². The summed E-state index contributed by atoms with van der Waals surface area (Å²) in [6, 6.07) is 13.0. The number of aliphatic hydroxyl groups excluding tert-OH is 2. The molecule has 150 valence electrons. The van der Waals surface area contributed by atoms with E-state index in [0.29, 0.717) is 25.0 Å². The quantitative estimate of drug-likeness (QED) is 0.791. The minimum absolute atomic E-state index is 0.127. The number of rotatable bonds is 6. The second kappa shape index (κ2) is 7.82. The Balaban J connectivity index is 1.63. The highest BCUT2D eigenvalue weighted by atomic mass is 19.1. The third kappa shape index (κ3) is 3.66. The van der Waals surface area contributed by atoms with E-state index in [1.54, 1.807) is 6.07 Å². The molecule has 4 nitrogen and oxygen atoms in total. The summed E-state index contributed by atoms with van der Waals surface area (Å²) in [6.45, 7) is 2.43. The summed E-state index contributed by atoms with van der Waals surface area (Å²) in [5, 5.41) is 19.5. The van der Waals surface area contributed by atoms with Gasteiger partial charge >= 0.3 is 0 Å². The first kappa shape index (κ1) is 19.4. The Morgan fingerprint density at radius 1 is 1.14 bits per heavy atom. The van der Waals surface area contributed by atoms with Gasteiger partial charge in [-0.1, -0.05) is 18.2 Å². The van der Waals surface area contributed by atoms with Crippen molar-refractivity contribution in [1.29, 1.82) is 0 Å². The minimum atomic E-state index is -0.523. The van der Waals surface area contributed by atoms with Gasteiger partial charge in [-0.25, -0.2) is 4.39 Å². The Morgan fingerprint density at radius 3 is 2.54 bits per heavy atom. The van der Waals surface area contributed by atoms with Crippen LogP contribution < -0.4 is 4.74 Å². The van der Waals surface area contributed by atoms with Crippen molar-refractivity contribution < 1.29 is 24.1 Å². The molecule has 0 radical (unpaired) electrons. The van der Waals surface area contributed by atoms with E-state index in [1.165, 1.54) is 6.07 Å². The number of halogens is 1. The minimum Gasteiger partial charge on any atom is -0.494 e. The van der Waals surface area contributed by atoms with Crippen molar-refractivity contribution in [2.45, 2.75) is 56.3 Å². The maximum absolute atomic E-state index is 14.8. The van der Waals surface area contributed by atoms with E-state index >= 15 is 0 Å². The van der Waals surface area contributed by atoms with Gasteiger partial charge in [-0.2, -0.15) is 0 Å². The number of ether oxygens (including phenoxy) is 2. The van der Waals surface area contributed by atoms with Crippen LogP contribution in [0.25, 0.3) is 0 Å². The Hall–Kier alpha value is -1.95. The summed E-state index contributed by atoms with van der Waals surface area (Å²) in [6.07, 6.45) is 1.43. The van der Waals surface area contributed by atoms with Gasteiger partial charge in [0, 0.05) is 18.3 Å². The summed E-state index contributed by atoms with van der Waals surface area (Å²) < 4.78 is 26.3.